The summed E-state index contributed by atoms with van der Waals surface area (Å²) in [5.74, 6) is 1.34. The Bertz CT molecular complexity index is 1390. The van der Waals surface area contributed by atoms with E-state index in [-0.39, 0.29) is 17.9 Å². The van der Waals surface area contributed by atoms with E-state index in [1.807, 2.05) is 73.1 Å². The van der Waals surface area contributed by atoms with Crippen molar-refractivity contribution in [2.45, 2.75) is 26.3 Å². The number of hydrogen-bond donors (Lipinski definition) is 1. The summed E-state index contributed by atoms with van der Waals surface area (Å²) >= 11 is 0. The highest BCUT2D eigenvalue weighted by Crippen LogP contribution is 2.29. The largest absolute Gasteiger partial charge is 0.497 e. The van der Waals surface area contributed by atoms with Crippen molar-refractivity contribution in [3.05, 3.63) is 81.8 Å². The number of amides is 1. The standard InChI is InChI=1S/C26H28N4O4/c1-17-20(13-14-24(31)27-16-18-9-11-19(33-3)12-10-18)26(32)30-25(29(17)2)15-22(28-30)21-7-5-6-8-23(21)34-4/h5-12,15H,13-14,16H2,1-4H3,(H,27,31). The molecule has 0 fully saturated rings. The first-order chi connectivity index (χ1) is 16.4. The van der Waals surface area contributed by atoms with Gasteiger partial charge in [0.15, 0.2) is 0 Å². The fraction of sp³-hybridized carbons (Fsp3) is 0.269. The van der Waals surface area contributed by atoms with Crippen LogP contribution in [0.4, 0.5) is 0 Å². The average Bonchev–Trinajstić information content (AvgIpc) is 3.32. The third kappa shape index (κ3) is 4.52. The molecule has 8 heteroatoms. The van der Waals surface area contributed by atoms with E-state index in [1.54, 1.807) is 14.2 Å². The molecule has 1 amide bonds. The van der Waals surface area contributed by atoms with E-state index >= 15 is 0 Å². The molecule has 0 saturated heterocycles. The Morgan fingerprint density at radius 1 is 1.06 bits per heavy atom. The summed E-state index contributed by atoms with van der Waals surface area (Å²) in [6.45, 7) is 2.31. The Labute approximate surface area is 197 Å². The van der Waals surface area contributed by atoms with E-state index in [0.717, 1.165) is 22.6 Å². The molecule has 4 aromatic rings. The van der Waals surface area contributed by atoms with E-state index in [2.05, 4.69) is 10.4 Å². The predicted molar refractivity (Wildman–Crippen MR) is 130 cm³/mol. The number of carbonyl (C=O) groups is 1. The Balaban J connectivity index is 1.53. The third-order valence-electron chi connectivity index (χ3n) is 6.06. The zero-order valence-corrected chi connectivity index (χ0v) is 19.8. The molecule has 0 radical (unpaired) electrons. The number of rotatable bonds is 8. The number of aryl methyl sites for hydroxylation is 1. The summed E-state index contributed by atoms with van der Waals surface area (Å²) in [4.78, 5) is 25.7. The number of carbonyl (C=O) groups excluding carboxylic acids is 1. The summed E-state index contributed by atoms with van der Waals surface area (Å²) in [7, 11) is 5.11. The number of fused-ring (bicyclic) bond motifs is 1. The minimum atomic E-state index is -0.213. The fourth-order valence-electron chi connectivity index (χ4n) is 3.96. The molecule has 0 aliphatic carbocycles. The third-order valence-corrected chi connectivity index (χ3v) is 6.06. The monoisotopic (exact) mass is 460 g/mol. The van der Waals surface area contributed by atoms with Gasteiger partial charge in [0.1, 0.15) is 17.1 Å². The van der Waals surface area contributed by atoms with E-state index in [1.165, 1.54) is 4.52 Å². The molecule has 2 heterocycles. The van der Waals surface area contributed by atoms with E-state index < -0.39 is 0 Å². The first-order valence-corrected chi connectivity index (χ1v) is 11.0. The second-order valence-corrected chi connectivity index (χ2v) is 8.05. The van der Waals surface area contributed by atoms with Crippen LogP contribution in [-0.4, -0.2) is 34.3 Å². The Morgan fingerprint density at radius 3 is 2.50 bits per heavy atom. The molecule has 176 valence electrons. The molecule has 1 N–H and O–H groups in total. The predicted octanol–water partition coefficient (Wildman–Crippen LogP) is 3.27. The summed E-state index contributed by atoms with van der Waals surface area (Å²) in [6, 6.07) is 17.0. The molecule has 34 heavy (non-hydrogen) atoms. The molecule has 2 aromatic carbocycles. The van der Waals surface area contributed by atoms with Gasteiger partial charge in [-0.1, -0.05) is 24.3 Å². The van der Waals surface area contributed by atoms with Crippen LogP contribution in [0.1, 0.15) is 23.2 Å². The lowest BCUT2D eigenvalue weighted by Crippen LogP contribution is -2.27. The number of para-hydroxylation sites is 1. The minimum Gasteiger partial charge on any atom is -0.497 e. The molecule has 0 aliphatic rings. The Hall–Kier alpha value is -4.07. The number of nitrogens with one attached hydrogen (secondary N) is 1. The van der Waals surface area contributed by atoms with E-state index in [0.29, 0.717) is 35.6 Å². The molecular formula is C26H28N4O4. The van der Waals surface area contributed by atoms with Crippen molar-refractivity contribution in [2.24, 2.45) is 7.05 Å². The van der Waals surface area contributed by atoms with Crippen molar-refractivity contribution in [2.75, 3.05) is 14.2 Å². The molecule has 0 saturated carbocycles. The van der Waals surface area contributed by atoms with Crippen molar-refractivity contribution >= 4 is 11.6 Å². The average molecular weight is 461 g/mol. The van der Waals surface area contributed by atoms with Crippen molar-refractivity contribution in [3.8, 4) is 22.8 Å². The second-order valence-electron chi connectivity index (χ2n) is 8.05. The van der Waals surface area contributed by atoms with Crippen LogP contribution in [0.3, 0.4) is 0 Å². The van der Waals surface area contributed by atoms with Gasteiger partial charge in [0, 0.05) is 42.9 Å². The number of nitrogens with zero attached hydrogens (tertiary/aromatic N) is 3. The van der Waals surface area contributed by atoms with Gasteiger partial charge in [-0.15, -0.1) is 0 Å². The van der Waals surface area contributed by atoms with Gasteiger partial charge in [-0.25, -0.2) is 0 Å². The van der Waals surface area contributed by atoms with Crippen LogP contribution < -0.4 is 20.3 Å². The van der Waals surface area contributed by atoms with Crippen LogP contribution in [0.5, 0.6) is 11.5 Å². The molecule has 0 spiro atoms. The lowest BCUT2D eigenvalue weighted by Gasteiger charge is -2.12. The van der Waals surface area contributed by atoms with Gasteiger partial charge in [0.25, 0.3) is 5.56 Å². The van der Waals surface area contributed by atoms with E-state index in [4.69, 9.17) is 9.47 Å². The maximum atomic E-state index is 13.3. The highest BCUT2D eigenvalue weighted by molar-refractivity contribution is 5.76. The lowest BCUT2D eigenvalue weighted by atomic mass is 10.1. The van der Waals surface area contributed by atoms with Crippen LogP contribution in [0.2, 0.25) is 0 Å². The highest BCUT2D eigenvalue weighted by Gasteiger charge is 2.18. The first kappa shape index (κ1) is 23.1. The molecule has 2 aromatic heterocycles. The Morgan fingerprint density at radius 2 is 1.79 bits per heavy atom. The number of benzene rings is 2. The number of hydrogen-bond acceptors (Lipinski definition) is 5. The van der Waals surface area contributed by atoms with Gasteiger partial charge in [-0.2, -0.15) is 9.61 Å². The van der Waals surface area contributed by atoms with Gasteiger partial charge in [-0.3, -0.25) is 9.59 Å². The topological polar surface area (TPSA) is 86.9 Å². The number of ether oxygens (including phenoxy) is 2. The minimum absolute atomic E-state index is 0.118. The normalized spacial score (nSPS) is 10.9. The van der Waals surface area contributed by atoms with E-state index in [9.17, 15) is 9.59 Å². The summed E-state index contributed by atoms with van der Waals surface area (Å²) < 4.78 is 13.9. The quantitative estimate of drug-likeness (QED) is 0.436. The van der Waals surface area contributed by atoms with Crippen molar-refractivity contribution in [3.63, 3.8) is 0 Å². The van der Waals surface area contributed by atoms with Gasteiger partial charge < -0.3 is 19.4 Å². The van der Waals surface area contributed by atoms with Gasteiger partial charge in [0.2, 0.25) is 5.91 Å². The number of methoxy groups -OCH3 is 2. The van der Waals surface area contributed by atoms with Gasteiger partial charge in [-0.05, 0) is 43.2 Å². The van der Waals surface area contributed by atoms with Crippen LogP contribution >= 0.6 is 0 Å². The van der Waals surface area contributed by atoms with Crippen molar-refractivity contribution in [1.82, 2.24) is 19.5 Å². The molecule has 8 nitrogen and oxygen atoms in total. The maximum absolute atomic E-state index is 13.3. The molecule has 0 unspecified atom stereocenters. The van der Waals surface area contributed by atoms with Crippen LogP contribution in [-0.2, 0) is 24.8 Å². The molecule has 0 atom stereocenters. The van der Waals surface area contributed by atoms with Crippen LogP contribution in [0.25, 0.3) is 16.9 Å². The van der Waals surface area contributed by atoms with Crippen LogP contribution in [0.15, 0.2) is 59.4 Å². The summed E-state index contributed by atoms with van der Waals surface area (Å²) in [5.41, 5.74) is 4.29. The second kappa shape index (κ2) is 9.82. The molecule has 4 rings (SSSR count). The molecule has 0 bridgehead atoms. The van der Waals surface area contributed by atoms with Crippen molar-refractivity contribution < 1.29 is 14.3 Å². The zero-order valence-electron chi connectivity index (χ0n) is 19.8. The Kier molecular flexibility index (Phi) is 6.67. The van der Waals surface area contributed by atoms with Gasteiger partial charge in [0.05, 0.1) is 19.9 Å². The van der Waals surface area contributed by atoms with Crippen LogP contribution in [0, 0.1) is 6.92 Å². The highest BCUT2D eigenvalue weighted by atomic mass is 16.5. The maximum Gasteiger partial charge on any atom is 0.277 e. The summed E-state index contributed by atoms with van der Waals surface area (Å²) in [6.07, 6.45) is 0.533. The SMILES string of the molecule is COc1ccc(CNC(=O)CCc2c(C)n(C)c3cc(-c4ccccc4OC)nn3c2=O)cc1. The molecular weight excluding hydrogens is 432 g/mol. The zero-order chi connectivity index (χ0) is 24.2. The smallest absolute Gasteiger partial charge is 0.277 e. The van der Waals surface area contributed by atoms with Gasteiger partial charge >= 0.3 is 0 Å². The van der Waals surface area contributed by atoms with Crippen molar-refractivity contribution in [1.29, 1.82) is 0 Å². The first-order valence-electron chi connectivity index (χ1n) is 11.0. The molecule has 0 aliphatic heterocycles. The fourth-order valence-corrected chi connectivity index (χ4v) is 3.96. The summed E-state index contributed by atoms with van der Waals surface area (Å²) in [5, 5.41) is 7.47. The number of aromatic nitrogens is 3. The lowest BCUT2D eigenvalue weighted by molar-refractivity contribution is -0.121.